The van der Waals surface area contributed by atoms with Crippen LogP contribution < -0.4 is 10.9 Å². The van der Waals surface area contributed by atoms with Crippen molar-refractivity contribution in [1.29, 1.82) is 0 Å². The summed E-state index contributed by atoms with van der Waals surface area (Å²) >= 11 is 1.61. The van der Waals surface area contributed by atoms with E-state index in [2.05, 4.69) is 17.2 Å². The highest BCUT2D eigenvalue weighted by atomic mass is 32.1. The summed E-state index contributed by atoms with van der Waals surface area (Å²) in [5.74, 6) is 0.264. The number of ketones is 1. The predicted octanol–water partition coefficient (Wildman–Crippen LogP) is 4.06. The van der Waals surface area contributed by atoms with Crippen LogP contribution in [0.1, 0.15) is 48.0 Å². The normalized spacial score (nSPS) is 15.9. The van der Waals surface area contributed by atoms with Crippen LogP contribution in [0.4, 0.5) is 5.69 Å². The molecule has 30 heavy (non-hydrogen) atoms. The van der Waals surface area contributed by atoms with Crippen LogP contribution in [0.25, 0.3) is 10.2 Å². The fourth-order valence-electron chi connectivity index (χ4n) is 3.75. The molecule has 1 aliphatic rings. The highest BCUT2D eigenvalue weighted by Crippen LogP contribution is 2.35. The Morgan fingerprint density at radius 3 is 2.70 bits per heavy atom. The summed E-state index contributed by atoms with van der Waals surface area (Å²) in [5.41, 5.74) is 2.12. The second-order valence-electron chi connectivity index (χ2n) is 8.35. The molecule has 1 aliphatic carbocycles. The van der Waals surface area contributed by atoms with Crippen molar-refractivity contribution in [3.8, 4) is 0 Å². The quantitative estimate of drug-likeness (QED) is 0.628. The minimum absolute atomic E-state index is 0.0551. The summed E-state index contributed by atoms with van der Waals surface area (Å²) in [6.07, 6.45) is 4.44. The minimum Gasteiger partial charge on any atom is -0.326 e. The van der Waals surface area contributed by atoms with Crippen molar-refractivity contribution < 1.29 is 9.59 Å². The van der Waals surface area contributed by atoms with Crippen molar-refractivity contribution in [2.75, 3.05) is 5.32 Å². The Morgan fingerprint density at radius 2 is 2.00 bits per heavy atom. The zero-order valence-corrected chi connectivity index (χ0v) is 18.2. The molecule has 6 nitrogen and oxygen atoms in total. The lowest BCUT2D eigenvalue weighted by atomic mass is 9.89. The second kappa shape index (κ2) is 8.14. The van der Waals surface area contributed by atoms with Crippen molar-refractivity contribution in [3.63, 3.8) is 0 Å². The van der Waals surface area contributed by atoms with Gasteiger partial charge in [-0.15, -0.1) is 11.3 Å². The number of carbonyl (C=O) groups is 2. The van der Waals surface area contributed by atoms with Crippen molar-refractivity contribution in [2.24, 2.45) is 11.8 Å². The Morgan fingerprint density at radius 1 is 1.27 bits per heavy atom. The number of nitrogens with zero attached hydrogens (tertiary/aromatic N) is 2. The van der Waals surface area contributed by atoms with E-state index in [0.29, 0.717) is 22.6 Å². The zero-order chi connectivity index (χ0) is 21.4. The number of amides is 1. The third-order valence-electron chi connectivity index (χ3n) is 5.59. The third kappa shape index (κ3) is 3.94. The Balaban J connectivity index is 1.55. The maximum atomic E-state index is 13.1. The van der Waals surface area contributed by atoms with Crippen LogP contribution in [0.2, 0.25) is 0 Å². The summed E-state index contributed by atoms with van der Waals surface area (Å²) in [6, 6.07) is 6.74. The predicted molar refractivity (Wildman–Crippen MR) is 119 cm³/mol. The minimum atomic E-state index is -0.169. The first kappa shape index (κ1) is 20.5. The zero-order valence-electron chi connectivity index (χ0n) is 17.4. The molecule has 156 valence electrons. The van der Waals surface area contributed by atoms with E-state index in [1.165, 1.54) is 15.8 Å². The Hall–Kier alpha value is -2.80. The number of fused-ring (bicyclic) bond motifs is 3. The largest absolute Gasteiger partial charge is 0.326 e. The number of anilines is 1. The van der Waals surface area contributed by atoms with Gasteiger partial charge in [0.2, 0.25) is 5.91 Å². The molecular weight excluding hydrogens is 398 g/mol. The molecule has 2 heterocycles. The molecule has 3 aromatic rings. The monoisotopic (exact) mass is 423 g/mol. The van der Waals surface area contributed by atoms with Gasteiger partial charge >= 0.3 is 0 Å². The Kier molecular flexibility index (Phi) is 5.56. The average molecular weight is 424 g/mol. The number of nitrogens with one attached hydrogen (secondary N) is 1. The fraction of sp³-hybridized carbons (Fsp3) is 0.391. The molecule has 4 rings (SSSR count). The van der Waals surface area contributed by atoms with E-state index in [4.69, 9.17) is 0 Å². The maximum Gasteiger partial charge on any atom is 0.262 e. The number of aryl methyl sites for hydroxylation is 1. The summed E-state index contributed by atoms with van der Waals surface area (Å²) in [5, 5.41) is 3.49. The smallest absolute Gasteiger partial charge is 0.262 e. The molecule has 7 heteroatoms. The van der Waals surface area contributed by atoms with Crippen LogP contribution in [0, 0.1) is 11.8 Å². The number of hydrogen-bond donors (Lipinski definition) is 1. The van der Waals surface area contributed by atoms with E-state index in [9.17, 15) is 14.4 Å². The highest BCUT2D eigenvalue weighted by Gasteiger charge is 2.23. The fourth-order valence-corrected chi connectivity index (χ4v) is 5.09. The van der Waals surface area contributed by atoms with Crippen LogP contribution in [0.15, 0.2) is 35.4 Å². The van der Waals surface area contributed by atoms with Gasteiger partial charge in [0.25, 0.3) is 5.56 Å². The molecule has 0 bridgehead atoms. The molecule has 0 saturated heterocycles. The van der Waals surface area contributed by atoms with Gasteiger partial charge in [0.1, 0.15) is 4.83 Å². The highest BCUT2D eigenvalue weighted by molar-refractivity contribution is 7.18. The van der Waals surface area contributed by atoms with E-state index in [0.717, 1.165) is 29.7 Å². The van der Waals surface area contributed by atoms with Crippen molar-refractivity contribution in [1.82, 2.24) is 9.55 Å². The lowest BCUT2D eigenvalue weighted by molar-refractivity contribution is -0.118. The number of carbonyl (C=O) groups excluding carboxylic acids is 2. The van der Waals surface area contributed by atoms with E-state index >= 15 is 0 Å². The standard InChI is InChI=1S/C23H25N3O3S/c1-13(2)21(28)25-16-7-5-15(6-8-16)18(27)11-26-12-24-22-20(23(26)29)17-9-4-14(3)10-19(17)30-22/h5-8,12-14H,4,9-11H2,1-3H3,(H,25,28)/t14-/m0/s1. The van der Waals surface area contributed by atoms with E-state index < -0.39 is 0 Å². The van der Waals surface area contributed by atoms with Gasteiger partial charge in [0.15, 0.2) is 5.78 Å². The first-order valence-corrected chi connectivity index (χ1v) is 11.1. The average Bonchev–Trinajstić information content (AvgIpc) is 3.08. The van der Waals surface area contributed by atoms with Crippen molar-refractivity contribution in [3.05, 3.63) is 57.0 Å². The summed E-state index contributed by atoms with van der Waals surface area (Å²) < 4.78 is 1.41. The molecule has 0 radical (unpaired) electrons. The third-order valence-corrected chi connectivity index (χ3v) is 6.76. The van der Waals surface area contributed by atoms with Gasteiger partial charge in [-0.2, -0.15) is 0 Å². The van der Waals surface area contributed by atoms with E-state index in [-0.39, 0.29) is 29.7 Å². The summed E-state index contributed by atoms with van der Waals surface area (Å²) in [7, 11) is 0. The van der Waals surface area contributed by atoms with Gasteiger partial charge < -0.3 is 5.32 Å². The van der Waals surface area contributed by atoms with E-state index in [1.54, 1.807) is 35.6 Å². The topological polar surface area (TPSA) is 81.1 Å². The van der Waals surface area contributed by atoms with Gasteiger partial charge in [0.05, 0.1) is 18.3 Å². The molecule has 0 unspecified atom stereocenters. The first-order valence-electron chi connectivity index (χ1n) is 10.3. The van der Waals surface area contributed by atoms with Crippen LogP contribution in [0.5, 0.6) is 0 Å². The van der Waals surface area contributed by atoms with Gasteiger partial charge in [-0.25, -0.2) is 4.98 Å². The first-order chi connectivity index (χ1) is 14.3. The Labute approximate surface area is 179 Å². The Bertz CT molecular complexity index is 1170. The number of thiophene rings is 1. The van der Waals surface area contributed by atoms with E-state index in [1.807, 2.05) is 13.8 Å². The van der Waals surface area contributed by atoms with Crippen molar-refractivity contribution >= 4 is 38.9 Å². The number of aromatic nitrogens is 2. The molecule has 0 saturated carbocycles. The lowest BCUT2D eigenvalue weighted by Gasteiger charge is -2.17. The number of Topliss-reactive ketones (excluding diaryl/α,β-unsaturated/α-hetero) is 1. The number of hydrogen-bond acceptors (Lipinski definition) is 5. The van der Waals surface area contributed by atoms with Crippen LogP contribution >= 0.6 is 11.3 Å². The lowest BCUT2D eigenvalue weighted by Crippen LogP contribution is -2.25. The van der Waals surface area contributed by atoms with Crippen LogP contribution in [-0.4, -0.2) is 21.2 Å². The van der Waals surface area contributed by atoms with Gasteiger partial charge in [-0.05, 0) is 55.0 Å². The van der Waals surface area contributed by atoms with Gasteiger partial charge in [0, 0.05) is 22.0 Å². The van der Waals surface area contributed by atoms with Gasteiger partial charge in [-0.1, -0.05) is 20.8 Å². The van der Waals surface area contributed by atoms with Crippen LogP contribution in [-0.2, 0) is 24.2 Å². The molecule has 0 aliphatic heterocycles. The molecule has 1 aromatic carbocycles. The summed E-state index contributed by atoms with van der Waals surface area (Å²) in [4.78, 5) is 44.1. The van der Waals surface area contributed by atoms with Crippen LogP contribution in [0.3, 0.4) is 0 Å². The number of benzene rings is 1. The molecule has 1 N–H and O–H groups in total. The van der Waals surface area contributed by atoms with Crippen molar-refractivity contribution in [2.45, 2.75) is 46.6 Å². The SMILES string of the molecule is CC(C)C(=O)Nc1ccc(C(=O)Cn2cnc3sc4c(c3c2=O)CC[C@H](C)C4)cc1. The molecule has 0 spiro atoms. The summed E-state index contributed by atoms with van der Waals surface area (Å²) in [6.45, 7) is 5.82. The molecule has 2 aromatic heterocycles. The molecule has 1 atom stereocenters. The molecule has 1 amide bonds. The molecule has 0 fully saturated rings. The second-order valence-corrected chi connectivity index (χ2v) is 9.44. The maximum absolute atomic E-state index is 13.1. The van der Waals surface area contributed by atoms with Gasteiger partial charge in [-0.3, -0.25) is 19.0 Å². The number of rotatable bonds is 5. The molecular formula is C23H25N3O3S.